The Balaban J connectivity index is 2.07. The molecular weight excluding hydrogens is 332 g/mol. The highest BCUT2D eigenvalue weighted by molar-refractivity contribution is 9.10. The number of nitrogens with zero attached hydrogens (tertiary/aromatic N) is 3. The summed E-state index contributed by atoms with van der Waals surface area (Å²) < 4.78 is 2.10. The second-order valence-corrected chi connectivity index (χ2v) is 7.11. The lowest BCUT2D eigenvalue weighted by Crippen LogP contribution is -2.31. The van der Waals surface area contributed by atoms with Crippen molar-refractivity contribution >= 4 is 21.6 Å². The van der Waals surface area contributed by atoms with Crippen LogP contribution in [0, 0.1) is 5.92 Å². The normalized spacial score (nSPS) is 22.5. The molecule has 1 aromatic rings. The minimum Gasteiger partial charge on any atom is -0.380 e. The molecule has 1 aromatic heterocycles. The van der Waals surface area contributed by atoms with Gasteiger partial charge >= 0.3 is 0 Å². The molecular formula is C15H25BrN4O. The first-order chi connectivity index (χ1) is 9.97. The van der Waals surface area contributed by atoms with Crippen LogP contribution in [-0.4, -0.2) is 41.4 Å². The largest absolute Gasteiger partial charge is 0.380 e. The fourth-order valence-electron chi connectivity index (χ4n) is 2.80. The lowest BCUT2D eigenvalue weighted by molar-refractivity contribution is 0.357. The number of aromatic nitrogens is 2. The van der Waals surface area contributed by atoms with Crippen LogP contribution >= 0.6 is 15.9 Å². The number of hydrogen-bond donors (Lipinski definition) is 1. The molecule has 1 saturated carbocycles. The quantitative estimate of drug-likeness (QED) is 0.880. The highest BCUT2D eigenvalue weighted by Crippen LogP contribution is 2.27. The molecule has 2 rings (SSSR count). The number of rotatable bonds is 5. The summed E-state index contributed by atoms with van der Waals surface area (Å²) in [6.45, 7) is 3.69. The Morgan fingerprint density at radius 3 is 2.90 bits per heavy atom. The lowest BCUT2D eigenvalue weighted by atomic mass is 9.87. The maximum absolute atomic E-state index is 12.3. The van der Waals surface area contributed by atoms with Crippen LogP contribution in [0.1, 0.15) is 32.6 Å². The molecule has 21 heavy (non-hydrogen) atoms. The van der Waals surface area contributed by atoms with Crippen molar-refractivity contribution in [3.63, 3.8) is 0 Å². The van der Waals surface area contributed by atoms with E-state index in [0.717, 1.165) is 24.6 Å². The van der Waals surface area contributed by atoms with Crippen LogP contribution < -0.4 is 10.9 Å². The molecule has 1 aliphatic rings. The Labute approximate surface area is 134 Å². The van der Waals surface area contributed by atoms with Gasteiger partial charge in [0.15, 0.2) is 0 Å². The Morgan fingerprint density at radius 2 is 2.24 bits per heavy atom. The van der Waals surface area contributed by atoms with Crippen LogP contribution in [0.15, 0.2) is 15.5 Å². The van der Waals surface area contributed by atoms with E-state index in [1.807, 2.05) is 19.0 Å². The van der Waals surface area contributed by atoms with Gasteiger partial charge in [0, 0.05) is 12.6 Å². The summed E-state index contributed by atoms with van der Waals surface area (Å²) in [5.74, 6) is 0.753. The molecule has 1 aliphatic carbocycles. The number of likely N-dealkylation sites (N-methyl/N-ethyl adjacent to an activating group) is 1. The summed E-state index contributed by atoms with van der Waals surface area (Å²) in [5.41, 5.74) is 0.755. The first-order valence-electron chi connectivity index (χ1n) is 7.64. The average molecular weight is 357 g/mol. The molecule has 0 spiro atoms. The number of anilines is 1. The van der Waals surface area contributed by atoms with Gasteiger partial charge in [0.2, 0.25) is 0 Å². The lowest BCUT2D eigenvalue weighted by Gasteiger charge is -2.28. The zero-order valence-electron chi connectivity index (χ0n) is 13.1. The number of hydrogen-bond acceptors (Lipinski definition) is 4. The van der Waals surface area contributed by atoms with Gasteiger partial charge in [0.05, 0.1) is 18.4 Å². The van der Waals surface area contributed by atoms with E-state index in [9.17, 15) is 4.79 Å². The summed E-state index contributed by atoms with van der Waals surface area (Å²) >= 11 is 3.43. The standard InChI is InChI=1S/C15H25BrN4O/c1-11-5-4-6-12(9-11)18-13-10-17-20(8-7-19(2)3)15(21)14(13)16/h10-12,18H,4-9H2,1-3H3. The molecule has 2 unspecified atom stereocenters. The zero-order chi connectivity index (χ0) is 15.4. The molecule has 1 N–H and O–H groups in total. The van der Waals surface area contributed by atoms with Crippen molar-refractivity contribution in [3.05, 3.63) is 21.0 Å². The van der Waals surface area contributed by atoms with Crippen LogP contribution in [0.4, 0.5) is 5.69 Å². The van der Waals surface area contributed by atoms with Crippen molar-refractivity contribution in [1.82, 2.24) is 14.7 Å². The Bertz CT molecular complexity index is 529. The van der Waals surface area contributed by atoms with Gasteiger partial charge < -0.3 is 10.2 Å². The minimum absolute atomic E-state index is 0.0642. The Kier molecular flexibility index (Phi) is 5.81. The van der Waals surface area contributed by atoms with E-state index in [1.165, 1.54) is 23.9 Å². The van der Waals surface area contributed by atoms with Gasteiger partial charge in [-0.1, -0.05) is 19.8 Å². The monoisotopic (exact) mass is 356 g/mol. The Hall–Kier alpha value is -0.880. The van der Waals surface area contributed by atoms with Gasteiger partial charge in [-0.3, -0.25) is 4.79 Å². The fraction of sp³-hybridized carbons (Fsp3) is 0.733. The summed E-state index contributed by atoms with van der Waals surface area (Å²) in [7, 11) is 3.97. The van der Waals surface area contributed by atoms with E-state index < -0.39 is 0 Å². The van der Waals surface area contributed by atoms with Crippen LogP contribution in [0.5, 0.6) is 0 Å². The van der Waals surface area contributed by atoms with E-state index in [1.54, 1.807) is 6.20 Å². The van der Waals surface area contributed by atoms with Crippen LogP contribution in [0.2, 0.25) is 0 Å². The SMILES string of the molecule is CC1CCCC(Nc2cnn(CCN(C)C)c(=O)c2Br)C1. The second-order valence-electron chi connectivity index (χ2n) is 6.32. The summed E-state index contributed by atoms with van der Waals surface area (Å²) in [5, 5.41) is 7.76. The molecule has 1 fully saturated rings. The van der Waals surface area contributed by atoms with Gasteiger partial charge in [-0.15, -0.1) is 0 Å². The van der Waals surface area contributed by atoms with Crippen LogP contribution in [0.3, 0.4) is 0 Å². The van der Waals surface area contributed by atoms with E-state index in [2.05, 4.69) is 33.3 Å². The molecule has 1 heterocycles. The van der Waals surface area contributed by atoms with Crippen molar-refractivity contribution < 1.29 is 0 Å². The molecule has 118 valence electrons. The molecule has 5 nitrogen and oxygen atoms in total. The van der Waals surface area contributed by atoms with E-state index in [-0.39, 0.29) is 5.56 Å². The molecule has 0 aromatic carbocycles. The highest BCUT2D eigenvalue weighted by atomic mass is 79.9. The van der Waals surface area contributed by atoms with Gasteiger partial charge in [-0.05, 0) is 48.8 Å². The van der Waals surface area contributed by atoms with Gasteiger partial charge in [-0.25, -0.2) is 4.68 Å². The van der Waals surface area contributed by atoms with Crippen LogP contribution in [0.25, 0.3) is 0 Å². The van der Waals surface area contributed by atoms with Crippen molar-refractivity contribution in [2.75, 3.05) is 26.0 Å². The predicted molar refractivity (Wildman–Crippen MR) is 89.8 cm³/mol. The molecule has 0 aliphatic heterocycles. The second kappa shape index (κ2) is 7.40. The molecule has 0 bridgehead atoms. The Morgan fingerprint density at radius 1 is 1.48 bits per heavy atom. The van der Waals surface area contributed by atoms with Gasteiger partial charge in [-0.2, -0.15) is 5.10 Å². The summed E-state index contributed by atoms with van der Waals surface area (Å²) in [6, 6.07) is 0.448. The van der Waals surface area contributed by atoms with Gasteiger partial charge in [0.25, 0.3) is 5.56 Å². The van der Waals surface area contributed by atoms with Crippen molar-refractivity contribution in [2.45, 2.75) is 45.2 Å². The molecule has 0 amide bonds. The van der Waals surface area contributed by atoms with Gasteiger partial charge in [0.1, 0.15) is 4.47 Å². The minimum atomic E-state index is -0.0642. The van der Waals surface area contributed by atoms with Crippen LogP contribution in [-0.2, 0) is 6.54 Å². The smallest absolute Gasteiger partial charge is 0.283 e. The zero-order valence-corrected chi connectivity index (χ0v) is 14.7. The highest BCUT2D eigenvalue weighted by Gasteiger charge is 2.20. The number of halogens is 1. The van der Waals surface area contributed by atoms with E-state index in [4.69, 9.17) is 0 Å². The third-order valence-electron chi connectivity index (χ3n) is 4.04. The predicted octanol–water partition coefficient (Wildman–Crippen LogP) is 2.56. The maximum Gasteiger partial charge on any atom is 0.283 e. The van der Waals surface area contributed by atoms with Crippen molar-refractivity contribution in [3.8, 4) is 0 Å². The van der Waals surface area contributed by atoms with E-state index in [0.29, 0.717) is 17.1 Å². The first kappa shape index (κ1) is 16.5. The van der Waals surface area contributed by atoms with E-state index >= 15 is 0 Å². The summed E-state index contributed by atoms with van der Waals surface area (Å²) in [4.78, 5) is 14.3. The first-order valence-corrected chi connectivity index (χ1v) is 8.43. The fourth-order valence-corrected chi connectivity index (χ4v) is 3.23. The van der Waals surface area contributed by atoms with Crippen molar-refractivity contribution in [2.24, 2.45) is 5.92 Å². The molecule has 6 heteroatoms. The third kappa shape index (κ3) is 4.54. The topological polar surface area (TPSA) is 50.2 Å². The van der Waals surface area contributed by atoms with Crippen molar-refractivity contribution in [1.29, 1.82) is 0 Å². The molecule has 0 radical (unpaired) electrons. The number of nitrogens with one attached hydrogen (secondary N) is 1. The summed E-state index contributed by atoms with van der Waals surface area (Å²) in [6.07, 6.45) is 6.66. The molecule has 2 atom stereocenters. The molecule has 0 saturated heterocycles. The maximum atomic E-state index is 12.3. The average Bonchev–Trinajstić information content (AvgIpc) is 2.43. The third-order valence-corrected chi connectivity index (χ3v) is 4.81.